The first-order valence-electron chi connectivity index (χ1n) is 8.10. The highest BCUT2D eigenvalue weighted by Crippen LogP contribution is 2.29. The Morgan fingerprint density at radius 3 is 2.65 bits per heavy atom. The number of nitrogens with zero attached hydrogens (tertiary/aromatic N) is 6. The van der Waals surface area contributed by atoms with Gasteiger partial charge in [0.1, 0.15) is 11.8 Å². The Bertz CT molecular complexity index is 852. The molecule has 0 amide bonds. The molecule has 2 bridgehead atoms. The summed E-state index contributed by atoms with van der Waals surface area (Å²) in [5, 5.41) is 12.3. The topological polar surface area (TPSA) is 63.3 Å². The van der Waals surface area contributed by atoms with Gasteiger partial charge in [-0.3, -0.25) is 4.68 Å². The zero-order chi connectivity index (χ0) is 15.4. The molecule has 2 fully saturated rings. The third kappa shape index (κ3) is 2.11. The summed E-state index contributed by atoms with van der Waals surface area (Å²) in [5.41, 5.74) is 3.29. The van der Waals surface area contributed by atoms with E-state index in [1.807, 2.05) is 34.8 Å². The summed E-state index contributed by atoms with van der Waals surface area (Å²) < 4.78 is 3.74. The van der Waals surface area contributed by atoms with E-state index in [1.54, 1.807) is 6.33 Å². The van der Waals surface area contributed by atoms with Crippen molar-refractivity contribution in [3.8, 4) is 11.1 Å². The van der Waals surface area contributed by atoms with Crippen LogP contribution in [-0.4, -0.2) is 49.6 Å². The number of aromatic nitrogens is 5. The third-order valence-electron chi connectivity index (χ3n) is 4.94. The fourth-order valence-electron chi connectivity index (χ4n) is 3.86. The maximum absolute atomic E-state index is 4.58. The molecule has 118 valence electrons. The van der Waals surface area contributed by atoms with Crippen LogP contribution in [0.5, 0.6) is 0 Å². The smallest absolute Gasteiger partial charge is 0.156 e. The van der Waals surface area contributed by atoms with E-state index in [1.165, 1.54) is 12.8 Å². The monoisotopic (exact) mass is 309 g/mol. The van der Waals surface area contributed by atoms with Crippen molar-refractivity contribution in [1.82, 2.24) is 29.7 Å². The van der Waals surface area contributed by atoms with Gasteiger partial charge in [0, 0.05) is 55.7 Å². The van der Waals surface area contributed by atoms with Gasteiger partial charge in [-0.2, -0.15) is 10.2 Å². The first kappa shape index (κ1) is 13.1. The van der Waals surface area contributed by atoms with Gasteiger partial charge < -0.3 is 10.2 Å². The van der Waals surface area contributed by atoms with Gasteiger partial charge in [0.2, 0.25) is 0 Å². The van der Waals surface area contributed by atoms with Crippen LogP contribution < -0.4 is 10.2 Å². The van der Waals surface area contributed by atoms with Gasteiger partial charge in [0.15, 0.2) is 5.82 Å². The molecule has 23 heavy (non-hydrogen) atoms. The fraction of sp³-hybridized carbons (Fsp3) is 0.438. The molecule has 0 spiro atoms. The van der Waals surface area contributed by atoms with Crippen molar-refractivity contribution < 1.29 is 0 Å². The number of hydrogen-bond donors (Lipinski definition) is 1. The zero-order valence-corrected chi connectivity index (χ0v) is 13.1. The molecule has 5 rings (SSSR count). The van der Waals surface area contributed by atoms with Gasteiger partial charge in [0.25, 0.3) is 0 Å². The predicted molar refractivity (Wildman–Crippen MR) is 87.3 cm³/mol. The van der Waals surface area contributed by atoms with Crippen molar-refractivity contribution in [1.29, 1.82) is 0 Å². The predicted octanol–water partition coefficient (Wildman–Crippen LogP) is 1.07. The normalized spacial score (nSPS) is 23.8. The Kier molecular flexibility index (Phi) is 2.72. The van der Waals surface area contributed by atoms with Crippen molar-refractivity contribution in [3.63, 3.8) is 0 Å². The Morgan fingerprint density at radius 2 is 1.91 bits per heavy atom. The third-order valence-corrected chi connectivity index (χ3v) is 4.94. The van der Waals surface area contributed by atoms with Crippen LogP contribution in [-0.2, 0) is 7.05 Å². The van der Waals surface area contributed by atoms with Gasteiger partial charge in [0.05, 0.1) is 6.20 Å². The second-order valence-electron chi connectivity index (χ2n) is 6.59. The van der Waals surface area contributed by atoms with Crippen molar-refractivity contribution in [2.45, 2.75) is 24.9 Å². The second-order valence-corrected chi connectivity index (χ2v) is 6.59. The van der Waals surface area contributed by atoms with E-state index in [9.17, 15) is 0 Å². The Balaban J connectivity index is 1.58. The van der Waals surface area contributed by atoms with Gasteiger partial charge in [-0.1, -0.05) is 0 Å². The molecule has 3 aromatic heterocycles. The summed E-state index contributed by atoms with van der Waals surface area (Å²) >= 11 is 0. The van der Waals surface area contributed by atoms with Gasteiger partial charge >= 0.3 is 0 Å². The summed E-state index contributed by atoms with van der Waals surface area (Å²) in [5.74, 6) is 1.04. The molecule has 0 saturated carbocycles. The summed E-state index contributed by atoms with van der Waals surface area (Å²) in [6.07, 6.45) is 10.1. The highest BCUT2D eigenvalue weighted by atomic mass is 15.3. The van der Waals surface area contributed by atoms with Gasteiger partial charge in [-0.05, 0) is 18.9 Å². The van der Waals surface area contributed by atoms with E-state index in [0.717, 1.165) is 35.6 Å². The largest absolute Gasteiger partial charge is 0.352 e. The quantitative estimate of drug-likeness (QED) is 0.767. The van der Waals surface area contributed by atoms with E-state index < -0.39 is 0 Å². The van der Waals surface area contributed by atoms with E-state index in [2.05, 4.69) is 31.5 Å². The van der Waals surface area contributed by atoms with Crippen LogP contribution in [0, 0.1) is 0 Å². The van der Waals surface area contributed by atoms with Crippen LogP contribution in [0.2, 0.25) is 0 Å². The fourth-order valence-corrected chi connectivity index (χ4v) is 3.86. The molecular formula is C16H19N7. The molecule has 2 aliphatic heterocycles. The number of anilines is 1. The Hall–Kier alpha value is -2.41. The van der Waals surface area contributed by atoms with Gasteiger partial charge in [-0.15, -0.1) is 0 Å². The summed E-state index contributed by atoms with van der Waals surface area (Å²) in [7, 11) is 1.93. The van der Waals surface area contributed by atoms with E-state index >= 15 is 0 Å². The summed E-state index contributed by atoms with van der Waals surface area (Å²) in [4.78, 5) is 6.99. The molecular weight excluding hydrogens is 290 g/mol. The van der Waals surface area contributed by atoms with Crippen LogP contribution in [0.3, 0.4) is 0 Å². The maximum atomic E-state index is 4.58. The van der Waals surface area contributed by atoms with E-state index in [-0.39, 0.29) is 0 Å². The molecule has 0 aromatic carbocycles. The van der Waals surface area contributed by atoms with Gasteiger partial charge in [-0.25, -0.2) is 9.50 Å². The highest BCUT2D eigenvalue weighted by molar-refractivity contribution is 5.77. The maximum Gasteiger partial charge on any atom is 0.156 e. The van der Waals surface area contributed by atoms with Crippen molar-refractivity contribution in [2.75, 3.05) is 18.0 Å². The van der Waals surface area contributed by atoms with Crippen LogP contribution in [0.4, 0.5) is 5.82 Å². The number of hydrogen-bond acceptors (Lipinski definition) is 5. The van der Waals surface area contributed by atoms with Crippen LogP contribution in [0.1, 0.15) is 12.8 Å². The molecule has 7 nitrogen and oxygen atoms in total. The Morgan fingerprint density at radius 1 is 1.09 bits per heavy atom. The molecule has 2 atom stereocenters. The average Bonchev–Trinajstić information content (AvgIpc) is 3.25. The summed E-state index contributed by atoms with van der Waals surface area (Å²) in [6, 6.07) is 3.35. The average molecular weight is 309 g/mol. The number of fused-ring (bicyclic) bond motifs is 3. The minimum atomic E-state index is 0.594. The lowest BCUT2D eigenvalue weighted by Gasteiger charge is -2.33. The lowest BCUT2D eigenvalue weighted by molar-refractivity contribution is 0.463. The van der Waals surface area contributed by atoms with Crippen LogP contribution in [0.25, 0.3) is 16.6 Å². The molecule has 2 aliphatic rings. The summed E-state index contributed by atoms with van der Waals surface area (Å²) in [6.45, 7) is 2.05. The molecule has 2 saturated heterocycles. The lowest BCUT2D eigenvalue weighted by Crippen LogP contribution is -2.51. The number of nitrogens with one attached hydrogen (secondary N) is 1. The molecule has 7 heteroatoms. The first-order chi connectivity index (χ1) is 11.3. The van der Waals surface area contributed by atoms with E-state index in [0.29, 0.717) is 12.1 Å². The molecule has 3 aromatic rings. The van der Waals surface area contributed by atoms with Crippen molar-refractivity contribution in [3.05, 3.63) is 31.0 Å². The molecule has 5 heterocycles. The van der Waals surface area contributed by atoms with Crippen molar-refractivity contribution >= 4 is 11.3 Å². The standard InChI is InChI=1S/C16H19N7/c1-21-6-12(5-18-21)11-4-15-16(17-10-19-23(15)7-11)22-8-13-2-3-14(9-22)20-13/h4-7,10,13-14,20H,2-3,8-9H2,1H3. The second kappa shape index (κ2) is 4.79. The first-order valence-corrected chi connectivity index (χ1v) is 8.10. The van der Waals surface area contributed by atoms with Crippen LogP contribution in [0.15, 0.2) is 31.0 Å². The number of piperazine rings is 1. The Labute approximate surface area is 133 Å². The molecule has 2 unspecified atom stereocenters. The van der Waals surface area contributed by atoms with E-state index in [4.69, 9.17) is 0 Å². The van der Waals surface area contributed by atoms with Crippen molar-refractivity contribution in [2.24, 2.45) is 7.05 Å². The molecule has 1 N–H and O–H groups in total. The molecule has 0 radical (unpaired) electrons. The number of rotatable bonds is 2. The number of aryl methyl sites for hydroxylation is 1. The lowest BCUT2D eigenvalue weighted by atomic mass is 10.2. The minimum absolute atomic E-state index is 0.594. The SMILES string of the molecule is Cn1cc(-c2cc3c(N4CC5CCC(C4)N5)ncnn3c2)cn1. The molecule has 0 aliphatic carbocycles. The highest BCUT2D eigenvalue weighted by Gasteiger charge is 2.33. The van der Waals surface area contributed by atoms with Crippen LogP contribution >= 0.6 is 0 Å². The zero-order valence-electron chi connectivity index (χ0n) is 13.1. The minimum Gasteiger partial charge on any atom is -0.352 e.